The Morgan fingerprint density at radius 3 is 2.50 bits per heavy atom. The minimum Gasteiger partial charge on any atom is -0.388 e. The van der Waals surface area contributed by atoms with E-state index in [0.29, 0.717) is 18.9 Å². The molecule has 1 rings (SSSR count). The van der Waals surface area contributed by atoms with Crippen molar-refractivity contribution in [1.82, 2.24) is 10.6 Å². The molecule has 1 atom stereocenters. The zero-order valence-electron chi connectivity index (χ0n) is 12.2. The lowest BCUT2D eigenvalue weighted by atomic mass is 9.80. The molecule has 1 unspecified atom stereocenters. The first-order valence-electron chi connectivity index (χ1n) is 6.97. The van der Waals surface area contributed by atoms with Crippen LogP contribution in [0.2, 0.25) is 0 Å². The van der Waals surface area contributed by atoms with Crippen LogP contribution in [0.1, 0.15) is 47.0 Å². The van der Waals surface area contributed by atoms with Gasteiger partial charge in [-0.1, -0.05) is 20.8 Å². The molecule has 106 valence electrons. The number of hydrogen-bond acceptors (Lipinski definition) is 3. The van der Waals surface area contributed by atoms with E-state index in [9.17, 15) is 9.90 Å². The first-order valence-corrected chi connectivity index (χ1v) is 6.97. The van der Waals surface area contributed by atoms with Crippen LogP contribution in [0.4, 0.5) is 0 Å². The van der Waals surface area contributed by atoms with E-state index < -0.39 is 5.60 Å². The molecule has 1 aliphatic heterocycles. The fourth-order valence-corrected chi connectivity index (χ4v) is 2.64. The molecule has 0 radical (unpaired) electrons. The van der Waals surface area contributed by atoms with Crippen molar-refractivity contribution in [3.05, 3.63) is 0 Å². The Labute approximate surface area is 111 Å². The van der Waals surface area contributed by atoms with E-state index in [1.165, 1.54) is 0 Å². The third-order valence-corrected chi connectivity index (χ3v) is 3.73. The molecule has 1 amide bonds. The summed E-state index contributed by atoms with van der Waals surface area (Å²) in [5, 5.41) is 16.4. The Kier molecular flexibility index (Phi) is 5.17. The van der Waals surface area contributed by atoms with Crippen LogP contribution >= 0.6 is 0 Å². The maximum atomic E-state index is 12.2. The summed E-state index contributed by atoms with van der Waals surface area (Å²) in [6, 6.07) is 0. The van der Waals surface area contributed by atoms with E-state index in [1.807, 2.05) is 6.92 Å². The van der Waals surface area contributed by atoms with Gasteiger partial charge in [0.05, 0.1) is 5.60 Å². The monoisotopic (exact) mass is 256 g/mol. The summed E-state index contributed by atoms with van der Waals surface area (Å²) in [7, 11) is 0. The van der Waals surface area contributed by atoms with Crippen molar-refractivity contribution < 1.29 is 9.90 Å². The predicted octanol–water partition coefficient (Wildman–Crippen LogP) is 1.29. The molecular weight excluding hydrogens is 228 g/mol. The predicted molar refractivity (Wildman–Crippen MR) is 73.3 cm³/mol. The van der Waals surface area contributed by atoms with Crippen molar-refractivity contribution in [2.45, 2.75) is 52.6 Å². The smallest absolute Gasteiger partial charge is 0.226 e. The van der Waals surface area contributed by atoms with Gasteiger partial charge in [-0.15, -0.1) is 0 Å². The van der Waals surface area contributed by atoms with Crippen LogP contribution < -0.4 is 10.6 Å². The van der Waals surface area contributed by atoms with Gasteiger partial charge in [-0.2, -0.15) is 0 Å². The largest absolute Gasteiger partial charge is 0.388 e. The number of rotatable bonds is 5. The van der Waals surface area contributed by atoms with Crippen LogP contribution in [0.5, 0.6) is 0 Å². The number of nitrogens with one attached hydrogen (secondary N) is 2. The lowest BCUT2D eigenvalue weighted by Gasteiger charge is -2.34. The van der Waals surface area contributed by atoms with Crippen molar-refractivity contribution in [1.29, 1.82) is 0 Å². The number of hydrogen-bond donors (Lipinski definition) is 3. The lowest BCUT2D eigenvalue weighted by molar-refractivity contribution is -0.132. The van der Waals surface area contributed by atoms with Gasteiger partial charge in [0.1, 0.15) is 0 Å². The fraction of sp³-hybridized carbons (Fsp3) is 0.929. The highest BCUT2D eigenvalue weighted by Crippen LogP contribution is 2.28. The highest BCUT2D eigenvalue weighted by Gasteiger charge is 2.35. The van der Waals surface area contributed by atoms with E-state index >= 15 is 0 Å². The highest BCUT2D eigenvalue weighted by molar-refractivity contribution is 5.82. The van der Waals surface area contributed by atoms with Gasteiger partial charge in [0.2, 0.25) is 5.91 Å². The van der Waals surface area contributed by atoms with Crippen molar-refractivity contribution >= 4 is 5.91 Å². The average Bonchev–Trinajstić information content (AvgIpc) is 2.25. The van der Waals surface area contributed by atoms with Crippen LogP contribution in [0.15, 0.2) is 0 Å². The van der Waals surface area contributed by atoms with Gasteiger partial charge in [-0.3, -0.25) is 4.79 Å². The molecule has 0 aliphatic carbocycles. The van der Waals surface area contributed by atoms with Crippen LogP contribution in [-0.2, 0) is 4.79 Å². The molecule has 0 spiro atoms. The molecule has 18 heavy (non-hydrogen) atoms. The van der Waals surface area contributed by atoms with Gasteiger partial charge in [0.15, 0.2) is 0 Å². The second-order valence-corrected chi connectivity index (χ2v) is 6.59. The Balaban J connectivity index is 2.45. The maximum Gasteiger partial charge on any atom is 0.226 e. The zero-order valence-corrected chi connectivity index (χ0v) is 12.2. The maximum absolute atomic E-state index is 12.2. The third-order valence-electron chi connectivity index (χ3n) is 3.73. The van der Waals surface area contributed by atoms with Crippen LogP contribution in [-0.4, -0.2) is 36.2 Å². The van der Waals surface area contributed by atoms with Crippen molar-refractivity contribution in [3.63, 3.8) is 0 Å². The Bertz CT molecular complexity index is 282. The summed E-state index contributed by atoms with van der Waals surface area (Å²) in [5.41, 5.74) is -1.09. The Hall–Kier alpha value is -0.610. The van der Waals surface area contributed by atoms with Gasteiger partial charge >= 0.3 is 0 Å². The summed E-state index contributed by atoms with van der Waals surface area (Å²) in [6.07, 6.45) is 2.43. The lowest BCUT2D eigenvalue weighted by Crippen LogP contribution is -2.49. The standard InChI is InChI=1S/C14H28N2O2/c1-11(2)9-14(4,18)10-16-12(17)13(3)5-7-15-8-6-13/h11,15,18H,5-10H2,1-4H3,(H,16,17). The minimum atomic E-state index is -0.812. The first kappa shape index (κ1) is 15.4. The summed E-state index contributed by atoms with van der Waals surface area (Å²) in [4.78, 5) is 12.2. The van der Waals surface area contributed by atoms with E-state index in [0.717, 1.165) is 25.9 Å². The topological polar surface area (TPSA) is 61.4 Å². The molecule has 4 nitrogen and oxygen atoms in total. The Morgan fingerprint density at radius 2 is 2.00 bits per heavy atom. The number of amides is 1. The second kappa shape index (κ2) is 6.02. The first-order chi connectivity index (χ1) is 8.25. The number of aliphatic hydroxyl groups is 1. The minimum absolute atomic E-state index is 0.0769. The quantitative estimate of drug-likeness (QED) is 0.694. The van der Waals surface area contributed by atoms with Crippen LogP contribution in [0.25, 0.3) is 0 Å². The summed E-state index contributed by atoms with van der Waals surface area (Å²) in [5.74, 6) is 0.499. The molecule has 0 saturated carbocycles. The molecule has 3 N–H and O–H groups in total. The molecule has 1 aliphatic rings. The summed E-state index contributed by atoms with van der Waals surface area (Å²) >= 11 is 0. The molecular formula is C14H28N2O2. The molecule has 0 bridgehead atoms. The van der Waals surface area contributed by atoms with Crippen molar-refractivity contribution in [2.75, 3.05) is 19.6 Å². The van der Waals surface area contributed by atoms with Gasteiger partial charge in [0, 0.05) is 12.0 Å². The van der Waals surface area contributed by atoms with E-state index in [1.54, 1.807) is 6.92 Å². The van der Waals surface area contributed by atoms with E-state index in [2.05, 4.69) is 24.5 Å². The second-order valence-electron chi connectivity index (χ2n) is 6.59. The van der Waals surface area contributed by atoms with Gasteiger partial charge in [0.25, 0.3) is 0 Å². The van der Waals surface area contributed by atoms with E-state index in [-0.39, 0.29) is 11.3 Å². The van der Waals surface area contributed by atoms with Crippen LogP contribution in [0.3, 0.4) is 0 Å². The molecule has 4 heteroatoms. The third kappa shape index (κ3) is 4.58. The number of carbonyl (C=O) groups is 1. The SMILES string of the molecule is CC(C)CC(C)(O)CNC(=O)C1(C)CCNCC1. The van der Waals surface area contributed by atoms with Gasteiger partial charge < -0.3 is 15.7 Å². The molecule has 0 aromatic carbocycles. The van der Waals surface area contributed by atoms with Gasteiger partial charge in [-0.25, -0.2) is 0 Å². The summed E-state index contributed by atoms with van der Waals surface area (Å²) < 4.78 is 0. The summed E-state index contributed by atoms with van der Waals surface area (Å²) in [6.45, 7) is 10.1. The zero-order chi connectivity index (χ0) is 13.8. The van der Waals surface area contributed by atoms with Crippen molar-refractivity contribution in [2.24, 2.45) is 11.3 Å². The van der Waals surface area contributed by atoms with E-state index in [4.69, 9.17) is 0 Å². The molecule has 1 saturated heterocycles. The molecule has 0 aromatic rings. The number of piperidine rings is 1. The van der Waals surface area contributed by atoms with Gasteiger partial charge in [-0.05, 0) is 45.2 Å². The highest BCUT2D eigenvalue weighted by atomic mass is 16.3. The molecule has 0 aromatic heterocycles. The number of carbonyl (C=O) groups excluding carboxylic acids is 1. The molecule has 1 fully saturated rings. The Morgan fingerprint density at radius 1 is 1.44 bits per heavy atom. The van der Waals surface area contributed by atoms with Crippen molar-refractivity contribution in [3.8, 4) is 0 Å². The fourth-order valence-electron chi connectivity index (χ4n) is 2.64. The van der Waals surface area contributed by atoms with Crippen LogP contribution in [0, 0.1) is 11.3 Å². The normalized spacial score (nSPS) is 22.6. The molecule has 1 heterocycles. The average molecular weight is 256 g/mol.